The molecule has 0 bridgehead atoms. The highest BCUT2D eigenvalue weighted by atomic mass is 16.6. The fourth-order valence-electron chi connectivity index (χ4n) is 2.73. The van der Waals surface area contributed by atoms with Gasteiger partial charge in [0.25, 0.3) is 0 Å². The molecule has 0 aliphatic carbocycles. The molecule has 2 heterocycles. The quantitative estimate of drug-likeness (QED) is 0.819. The second kappa shape index (κ2) is 7.99. The summed E-state index contributed by atoms with van der Waals surface area (Å²) in [7, 11) is 0. The molecule has 3 rings (SSSR count). The number of ether oxygens (including phenoxy) is 2. The smallest absolute Gasteiger partial charge is 0.242 e. The van der Waals surface area contributed by atoms with Crippen LogP contribution in [0, 0.1) is 0 Å². The van der Waals surface area contributed by atoms with Crippen molar-refractivity contribution in [3.8, 4) is 11.5 Å². The van der Waals surface area contributed by atoms with Gasteiger partial charge in [0.05, 0.1) is 0 Å². The number of nitrogens with zero attached hydrogens (tertiary/aromatic N) is 1. The van der Waals surface area contributed by atoms with Crippen LogP contribution in [0.15, 0.2) is 31.4 Å². The molecule has 2 aliphatic heterocycles. The molecule has 0 saturated carbocycles. The maximum atomic E-state index is 12.2. The van der Waals surface area contributed by atoms with Crippen molar-refractivity contribution in [3.63, 3.8) is 0 Å². The van der Waals surface area contributed by atoms with Gasteiger partial charge in [-0.1, -0.05) is 6.07 Å². The van der Waals surface area contributed by atoms with Crippen LogP contribution in [0.3, 0.4) is 0 Å². The third-order valence-electron chi connectivity index (χ3n) is 3.95. The van der Waals surface area contributed by atoms with E-state index in [2.05, 4.69) is 13.2 Å². The van der Waals surface area contributed by atoms with Crippen molar-refractivity contribution in [2.75, 3.05) is 26.3 Å². The number of fused-ring (bicyclic) bond motifs is 1. The van der Waals surface area contributed by atoms with Crippen molar-refractivity contribution in [3.05, 3.63) is 36.9 Å². The number of hydrogen-bond donors (Lipinski definition) is 2. The summed E-state index contributed by atoms with van der Waals surface area (Å²) in [6, 6.07) is 4.19. The summed E-state index contributed by atoms with van der Waals surface area (Å²) >= 11 is 0. The minimum absolute atomic E-state index is 0.199. The van der Waals surface area contributed by atoms with Crippen LogP contribution in [0.5, 0.6) is 11.5 Å². The molecule has 1 aromatic rings. The highest BCUT2D eigenvalue weighted by Gasteiger charge is 2.30. The van der Waals surface area contributed by atoms with E-state index in [0.29, 0.717) is 30.3 Å². The molecule has 1 saturated heterocycles. The van der Waals surface area contributed by atoms with Crippen LogP contribution >= 0.6 is 0 Å². The molecule has 2 aliphatic rings. The monoisotopic (exact) mass is 320 g/mol. The number of aliphatic hydroxyl groups is 1. The number of carbonyl (C=O) groups is 1. The van der Waals surface area contributed by atoms with Gasteiger partial charge in [0.2, 0.25) is 5.91 Å². The van der Waals surface area contributed by atoms with Crippen molar-refractivity contribution in [1.29, 1.82) is 0 Å². The average molecular weight is 320 g/mol. The van der Waals surface area contributed by atoms with Gasteiger partial charge in [-0.25, -0.2) is 0 Å². The molecular formula is C17H24N2O4. The van der Waals surface area contributed by atoms with E-state index in [1.165, 1.54) is 0 Å². The van der Waals surface area contributed by atoms with Gasteiger partial charge in [0, 0.05) is 13.1 Å². The van der Waals surface area contributed by atoms with Crippen molar-refractivity contribution >= 4 is 5.91 Å². The Morgan fingerprint density at radius 2 is 1.78 bits per heavy atom. The second-order valence-corrected chi connectivity index (χ2v) is 5.41. The number of likely N-dealkylation sites (tertiary alicyclic amines) is 1. The van der Waals surface area contributed by atoms with E-state index in [9.17, 15) is 9.90 Å². The Morgan fingerprint density at radius 1 is 1.17 bits per heavy atom. The Hall–Kier alpha value is -2.05. The summed E-state index contributed by atoms with van der Waals surface area (Å²) in [6.07, 6.45) is 0.950. The molecule has 0 radical (unpaired) electrons. The number of rotatable bonds is 3. The van der Waals surface area contributed by atoms with Gasteiger partial charge < -0.3 is 25.2 Å². The Balaban J connectivity index is 0.000000924. The molecule has 0 spiro atoms. The summed E-state index contributed by atoms with van der Waals surface area (Å²) in [5, 5.41) is 10.4. The molecule has 1 fully saturated rings. The minimum Gasteiger partial charge on any atom is -0.486 e. The zero-order chi connectivity index (χ0) is 16.8. The van der Waals surface area contributed by atoms with Gasteiger partial charge >= 0.3 is 0 Å². The third-order valence-corrected chi connectivity index (χ3v) is 3.95. The lowest BCUT2D eigenvalue weighted by Crippen LogP contribution is -2.45. The lowest BCUT2D eigenvalue weighted by atomic mass is 10.0. The Bertz CT molecular complexity index is 543. The lowest BCUT2D eigenvalue weighted by Gasteiger charge is -2.25. The summed E-state index contributed by atoms with van der Waals surface area (Å²) in [5.74, 6) is 1.03. The molecule has 126 valence electrons. The van der Waals surface area contributed by atoms with E-state index >= 15 is 0 Å². The average Bonchev–Trinajstić information content (AvgIpc) is 3.15. The molecule has 6 nitrogen and oxygen atoms in total. The van der Waals surface area contributed by atoms with E-state index in [1.807, 2.05) is 0 Å². The summed E-state index contributed by atoms with van der Waals surface area (Å²) in [4.78, 5) is 13.9. The number of benzene rings is 1. The zero-order valence-corrected chi connectivity index (χ0v) is 13.2. The van der Waals surface area contributed by atoms with Gasteiger partial charge in [-0.05, 0) is 30.5 Å². The van der Waals surface area contributed by atoms with Crippen LogP contribution in [0.25, 0.3) is 0 Å². The maximum absolute atomic E-state index is 12.2. The predicted molar refractivity (Wildman–Crippen MR) is 87.4 cm³/mol. The Morgan fingerprint density at radius 3 is 2.43 bits per heavy atom. The summed E-state index contributed by atoms with van der Waals surface area (Å²) < 4.78 is 10.9. The first-order chi connectivity index (χ1) is 11.2. The van der Waals surface area contributed by atoms with Gasteiger partial charge in [-0.15, -0.1) is 13.2 Å². The van der Waals surface area contributed by atoms with Crippen molar-refractivity contribution in [2.24, 2.45) is 5.73 Å². The molecule has 1 aromatic carbocycles. The summed E-state index contributed by atoms with van der Waals surface area (Å²) in [6.45, 7) is 8.44. The second-order valence-electron chi connectivity index (χ2n) is 5.41. The fourth-order valence-corrected chi connectivity index (χ4v) is 2.73. The highest BCUT2D eigenvalue weighted by molar-refractivity contribution is 5.82. The molecule has 2 unspecified atom stereocenters. The summed E-state index contributed by atoms with van der Waals surface area (Å²) in [5.41, 5.74) is 6.50. The first kappa shape index (κ1) is 17.3. The highest BCUT2D eigenvalue weighted by Crippen LogP contribution is 2.33. The van der Waals surface area contributed by atoms with E-state index in [4.69, 9.17) is 15.2 Å². The fraction of sp³-hybridized carbons (Fsp3) is 0.471. The van der Waals surface area contributed by atoms with Crippen LogP contribution in [-0.2, 0) is 4.79 Å². The molecule has 3 N–H and O–H groups in total. The first-order valence-electron chi connectivity index (χ1n) is 7.79. The van der Waals surface area contributed by atoms with Crippen LogP contribution in [0.4, 0.5) is 0 Å². The maximum Gasteiger partial charge on any atom is 0.242 e. The topological polar surface area (TPSA) is 85.0 Å². The molecule has 6 heteroatoms. The molecule has 0 aromatic heterocycles. The number of aliphatic hydroxyl groups excluding tert-OH is 1. The van der Waals surface area contributed by atoms with Crippen LogP contribution in [-0.4, -0.2) is 48.3 Å². The number of carbonyl (C=O) groups excluding carboxylic acids is 1. The van der Waals surface area contributed by atoms with Crippen molar-refractivity contribution < 1.29 is 19.4 Å². The van der Waals surface area contributed by atoms with Crippen LogP contribution < -0.4 is 15.2 Å². The third kappa shape index (κ3) is 3.83. The molecule has 23 heavy (non-hydrogen) atoms. The van der Waals surface area contributed by atoms with E-state index in [0.717, 1.165) is 25.9 Å². The Kier molecular flexibility index (Phi) is 6.01. The van der Waals surface area contributed by atoms with Gasteiger partial charge in [0.1, 0.15) is 25.4 Å². The van der Waals surface area contributed by atoms with Gasteiger partial charge in [-0.3, -0.25) is 4.79 Å². The molecular weight excluding hydrogens is 296 g/mol. The van der Waals surface area contributed by atoms with Crippen LogP contribution in [0.1, 0.15) is 24.5 Å². The molecule has 2 atom stereocenters. The van der Waals surface area contributed by atoms with E-state index in [1.54, 1.807) is 23.1 Å². The largest absolute Gasteiger partial charge is 0.486 e. The van der Waals surface area contributed by atoms with E-state index < -0.39 is 12.1 Å². The van der Waals surface area contributed by atoms with Gasteiger partial charge in [0.15, 0.2) is 11.5 Å². The van der Waals surface area contributed by atoms with Crippen LogP contribution in [0.2, 0.25) is 0 Å². The number of hydrogen-bond acceptors (Lipinski definition) is 5. The normalized spacial score (nSPS) is 18.6. The molecule has 1 amide bonds. The predicted octanol–water partition coefficient (Wildman–Crippen LogP) is 1.24. The first-order valence-corrected chi connectivity index (χ1v) is 7.79. The number of amides is 1. The Labute approximate surface area is 136 Å². The standard InChI is InChI=1S/C15H20N2O4.C2H4/c16-13(15(19)17-5-1-2-6-17)14(18)10-3-4-11-12(9-10)21-8-7-20-11;1-2/h3-4,9,13-14,18H,1-2,5-8,16H2;1-2H2. The SMILES string of the molecule is C=C.NC(C(=O)N1CCCC1)C(O)c1ccc2c(c1)OCCO2. The lowest BCUT2D eigenvalue weighted by molar-refractivity contribution is -0.134. The van der Waals surface area contributed by atoms with Crippen molar-refractivity contribution in [2.45, 2.75) is 25.0 Å². The van der Waals surface area contributed by atoms with Crippen molar-refractivity contribution in [1.82, 2.24) is 4.90 Å². The number of nitrogens with two attached hydrogens (primary N) is 1. The minimum atomic E-state index is -1.05. The van der Waals surface area contributed by atoms with E-state index in [-0.39, 0.29) is 5.91 Å². The zero-order valence-electron chi connectivity index (χ0n) is 13.2. The van der Waals surface area contributed by atoms with Gasteiger partial charge in [-0.2, -0.15) is 0 Å².